The van der Waals surface area contributed by atoms with Gasteiger partial charge in [0.2, 0.25) is 5.91 Å². The SMILES string of the molecule is CCOCCNC(=O)CN1CCC(N)CC1. The van der Waals surface area contributed by atoms with Crippen molar-refractivity contribution in [2.45, 2.75) is 25.8 Å². The van der Waals surface area contributed by atoms with Crippen LogP contribution in [0.4, 0.5) is 0 Å². The number of nitrogens with two attached hydrogens (primary N) is 1. The Morgan fingerprint density at radius 3 is 2.81 bits per heavy atom. The summed E-state index contributed by atoms with van der Waals surface area (Å²) < 4.78 is 5.14. The van der Waals surface area contributed by atoms with Gasteiger partial charge in [-0.15, -0.1) is 0 Å². The normalized spacial score (nSPS) is 18.6. The standard InChI is InChI=1S/C11H23N3O2/c1-2-16-8-5-13-11(15)9-14-6-3-10(12)4-7-14/h10H,2-9,12H2,1H3,(H,13,15). The average Bonchev–Trinajstić information content (AvgIpc) is 2.28. The maximum Gasteiger partial charge on any atom is 0.234 e. The fraction of sp³-hybridized carbons (Fsp3) is 0.909. The molecular formula is C11H23N3O2. The van der Waals surface area contributed by atoms with Crippen molar-refractivity contribution in [2.24, 2.45) is 5.73 Å². The minimum absolute atomic E-state index is 0.0789. The zero-order valence-corrected chi connectivity index (χ0v) is 10.1. The van der Waals surface area contributed by atoms with Gasteiger partial charge in [-0.3, -0.25) is 9.69 Å². The molecule has 0 saturated carbocycles. The molecule has 94 valence electrons. The number of rotatable bonds is 6. The fourth-order valence-electron chi connectivity index (χ4n) is 1.78. The summed E-state index contributed by atoms with van der Waals surface area (Å²) in [6.07, 6.45) is 1.98. The molecule has 1 saturated heterocycles. The Morgan fingerprint density at radius 1 is 1.50 bits per heavy atom. The van der Waals surface area contributed by atoms with E-state index in [1.54, 1.807) is 0 Å². The van der Waals surface area contributed by atoms with Gasteiger partial charge in [-0.05, 0) is 19.8 Å². The Bertz CT molecular complexity index is 203. The van der Waals surface area contributed by atoms with E-state index in [0.717, 1.165) is 25.9 Å². The number of carbonyl (C=O) groups is 1. The van der Waals surface area contributed by atoms with Crippen molar-refractivity contribution in [3.05, 3.63) is 0 Å². The van der Waals surface area contributed by atoms with Crippen molar-refractivity contribution in [1.82, 2.24) is 10.2 Å². The molecule has 16 heavy (non-hydrogen) atoms. The molecule has 0 spiro atoms. The quantitative estimate of drug-likeness (QED) is 0.606. The van der Waals surface area contributed by atoms with Crippen molar-refractivity contribution in [2.75, 3.05) is 39.4 Å². The van der Waals surface area contributed by atoms with Crippen LogP contribution >= 0.6 is 0 Å². The Labute approximate surface area is 97.3 Å². The molecule has 0 aromatic heterocycles. The van der Waals surface area contributed by atoms with Crippen LogP contribution < -0.4 is 11.1 Å². The smallest absolute Gasteiger partial charge is 0.234 e. The van der Waals surface area contributed by atoms with E-state index in [1.807, 2.05) is 6.92 Å². The number of amides is 1. The molecule has 0 aliphatic carbocycles. The highest BCUT2D eigenvalue weighted by Crippen LogP contribution is 2.06. The second-order valence-corrected chi connectivity index (χ2v) is 4.16. The molecule has 1 heterocycles. The highest BCUT2D eigenvalue weighted by molar-refractivity contribution is 5.77. The van der Waals surface area contributed by atoms with E-state index in [9.17, 15) is 4.79 Å². The number of carbonyl (C=O) groups excluding carboxylic acids is 1. The van der Waals surface area contributed by atoms with Crippen molar-refractivity contribution in [3.8, 4) is 0 Å². The zero-order valence-electron chi connectivity index (χ0n) is 10.1. The predicted molar refractivity (Wildman–Crippen MR) is 63.2 cm³/mol. The third-order valence-electron chi connectivity index (χ3n) is 2.77. The van der Waals surface area contributed by atoms with Crippen LogP contribution in [0.25, 0.3) is 0 Å². The van der Waals surface area contributed by atoms with E-state index >= 15 is 0 Å². The maximum absolute atomic E-state index is 11.5. The van der Waals surface area contributed by atoms with Gasteiger partial charge in [0.25, 0.3) is 0 Å². The Kier molecular flexibility index (Phi) is 6.37. The average molecular weight is 229 g/mol. The number of hydrogen-bond acceptors (Lipinski definition) is 4. The molecule has 1 amide bonds. The third-order valence-corrected chi connectivity index (χ3v) is 2.77. The van der Waals surface area contributed by atoms with Crippen LogP contribution in [0.3, 0.4) is 0 Å². The number of likely N-dealkylation sites (tertiary alicyclic amines) is 1. The summed E-state index contributed by atoms with van der Waals surface area (Å²) in [7, 11) is 0. The van der Waals surface area contributed by atoms with Crippen LogP contribution in [0, 0.1) is 0 Å². The van der Waals surface area contributed by atoms with E-state index in [-0.39, 0.29) is 5.91 Å². The molecule has 0 radical (unpaired) electrons. The summed E-state index contributed by atoms with van der Waals surface area (Å²) in [5.74, 6) is 0.0789. The largest absolute Gasteiger partial charge is 0.380 e. The lowest BCUT2D eigenvalue weighted by Crippen LogP contribution is -2.45. The van der Waals surface area contributed by atoms with Gasteiger partial charge < -0.3 is 15.8 Å². The molecule has 0 atom stereocenters. The van der Waals surface area contributed by atoms with Crippen LogP contribution in [-0.4, -0.2) is 56.2 Å². The highest BCUT2D eigenvalue weighted by Gasteiger charge is 2.17. The van der Waals surface area contributed by atoms with E-state index in [4.69, 9.17) is 10.5 Å². The molecule has 1 aliphatic rings. The van der Waals surface area contributed by atoms with Crippen molar-refractivity contribution in [3.63, 3.8) is 0 Å². The number of nitrogens with one attached hydrogen (secondary N) is 1. The second-order valence-electron chi connectivity index (χ2n) is 4.16. The first-order chi connectivity index (χ1) is 7.72. The van der Waals surface area contributed by atoms with Crippen LogP contribution in [0.15, 0.2) is 0 Å². The van der Waals surface area contributed by atoms with Crippen LogP contribution in [-0.2, 0) is 9.53 Å². The molecule has 3 N–H and O–H groups in total. The minimum Gasteiger partial charge on any atom is -0.380 e. The predicted octanol–water partition coefficient (Wildman–Crippen LogP) is -0.438. The lowest BCUT2D eigenvalue weighted by Gasteiger charge is -2.29. The molecule has 0 aromatic rings. The van der Waals surface area contributed by atoms with Crippen molar-refractivity contribution < 1.29 is 9.53 Å². The van der Waals surface area contributed by atoms with Gasteiger partial charge in [-0.2, -0.15) is 0 Å². The van der Waals surface area contributed by atoms with Crippen LogP contribution in [0.1, 0.15) is 19.8 Å². The Balaban J connectivity index is 2.05. The topological polar surface area (TPSA) is 67.6 Å². The fourth-order valence-corrected chi connectivity index (χ4v) is 1.78. The Morgan fingerprint density at radius 2 is 2.19 bits per heavy atom. The van der Waals surface area contributed by atoms with Gasteiger partial charge in [-0.1, -0.05) is 0 Å². The maximum atomic E-state index is 11.5. The number of hydrogen-bond donors (Lipinski definition) is 2. The number of ether oxygens (including phenoxy) is 1. The molecule has 0 aromatic carbocycles. The molecule has 1 rings (SSSR count). The summed E-state index contributed by atoms with van der Waals surface area (Å²) in [6.45, 7) is 6.17. The minimum atomic E-state index is 0.0789. The molecule has 1 aliphatic heterocycles. The van der Waals surface area contributed by atoms with E-state index in [0.29, 0.717) is 32.3 Å². The van der Waals surface area contributed by atoms with E-state index < -0.39 is 0 Å². The summed E-state index contributed by atoms with van der Waals surface area (Å²) in [5, 5.41) is 2.84. The second kappa shape index (κ2) is 7.60. The summed E-state index contributed by atoms with van der Waals surface area (Å²) in [4.78, 5) is 13.7. The summed E-state index contributed by atoms with van der Waals surface area (Å²) in [5.41, 5.74) is 5.80. The monoisotopic (exact) mass is 229 g/mol. The van der Waals surface area contributed by atoms with Crippen molar-refractivity contribution >= 4 is 5.91 Å². The summed E-state index contributed by atoms with van der Waals surface area (Å²) >= 11 is 0. The van der Waals surface area contributed by atoms with E-state index in [1.165, 1.54) is 0 Å². The van der Waals surface area contributed by atoms with Gasteiger partial charge in [0.15, 0.2) is 0 Å². The third kappa shape index (κ3) is 5.44. The van der Waals surface area contributed by atoms with Gasteiger partial charge in [0, 0.05) is 32.3 Å². The molecule has 5 heteroatoms. The lowest BCUT2D eigenvalue weighted by molar-refractivity contribution is -0.122. The van der Waals surface area contributed by atoms with E-state index in [2.05, 4.69) is 10.2 Å². The number of piperidine rings is 1. The zero-order chi connectivity index (χ0) is 11.8. The Hall–Kier alpha value is -0.650. The summed E-state index contributed by atoms with van der Waals surface area (Å²) in [6, 6.07) is 0.317. The lowest BCUT2D eigenvalue weighted by atomic mass is 10.1. The molecule has 0 unspecified atom stereocenters. The highest BCUT2D eigenvalue weighted by atomic mass is 16.5. The molecule has 5 nitrogen and oxygen atoms in total. The molecular weight excluding hydrogens is 206 g/mol. The van der Waals surface area contributed by atoms with Crippen LogP contribution in [0.2, 0.25) is 0 Å². The molecule has 1 fully saturated rings. The first-order valence-electron chi connectivity index (χ1n) is 6.04. The number of nitrogens with zero attached hydrogens (tertiary/aromatic N) is 1. The van der Waals surface area contributed by atoms with Gasteiger partial charge in [0.05, 0.1) is 13.2 Å². The first kappa shape index (κ1) is 13.4. The van der Waals surface area contributed by atoms with Crippen LogP contribution in [0.5, 0.6) is 0 Å². The van der Waals surface area contributed by atoms with Gasteiger partial charge >= 0.3 is 0 Å². The van der Waals surface area contributed by atoms with Gasteiger partial charge in [0.1, 0.15) is 0 Å². The molecule has 0 bridgehead atoms. The van der Waals surface area contributed by atoms with Gasteiger partial charge in [-0.25, -0.2) is 0 Å². The van der Waals surface area contributed by atoms with Crippen molar-refractivity contribution in [1.29, 1.82) is 0 Å². The first-order valence-corrected chi connectivity index (χ1v) is 6.04.